The number of carboxylic acids is 1. The van der Waals surface area contributed by atoms with Gasteiger partial charge in [0.2, 0.25) is 0 Å². The van der Waals surface area contributed by atoms with Crippen LogP contribution in [0, 0.1) is 0 Å². The Bertz CT molecular complexity index is 559. The molecule has 2 unspecified atom stereocenters. The molecule has 0 amide bonds. The Morgan fingerprint density at radius 1 is 1.10 bits per heavy atom. The van der Waals surface area contributed by atoms with Gasteiger partial charge in [0.25, 0.3) is 0 Å². The van der Waals surface area contributed by atoms with E-state index in [0.717, 1.165) is 38.2 Å². The highest BCUT2D eigenvalue weighted by atomic mass is 16.7. The first-order chi connectivity index (χ1) is 9.58. The van der Waals surface area contributed by atoms with Crippen molar-refractivity contribution in [3.8, 4) is 0 Å². The molecule has 114 valence electrons. The van der Waals surface area contributed by atoms with Crippen LogP contribution in [0.1, 0.15) is 13.8 Å². The van der Waals surface area contributed by atoms with Crippen LogP contribution >= 0.6 is 0 Å². The van der Waals surface area contributed by atoms with E-state index in [1.807, 2.05) is 0 Å². The molecule has 3 N–H and O–H groups in total. The zero-order chi connectivity index (χ0) is 16.3. The lowest BCUT2D eigenvalue weighted by Gasteiger charge is -2.38. The molecule has 8 nitrogen and oxygen atoms in total. The second-order valence-corrected chi connectivity index (χ2v) is 4.23. The topological polar surface area (TPSA) is 130 Å². The molecule has 0 bridgehead atoms. The summed E-state index contributed by atoms with van der Waals surface area (Å²) in [7, 11) is 0. The molecule has 1 rings (SSSR count). The molecule has 1 aliphatic carbocycles. The number of carbonyl (C=O) groups is 3. The van der Waals surface area contributed by atoms with E-state index in [9.17, 15) is 24.6 Å². The zero-order valence-corrected chi connectivity index (χ0v) is 11.3. The number of aliphatic hydroxyl groups is 2. The molecular formula is C13H14O8. The fourth-order valence-corrected chi connectivity index (χ4v) is 1.63. The average Bonchev–Trinajstić information content (AvgIpc) is 2.29. The SMILES string of the molecule is CC(=O)OC1(O)C=CC(C=CC(=O)O)=CC1(O)OC(C)=O. The van der Waals surface area contributed by atoms with E-state index in [1.165, 1.54) is 6.08 Å². The summed E-state index contributed by atoms with van der Waals surface area (Å²) < 4.78 is 9.20. The number of carboxylic acid groups (broad SMARTS) is 1. The van der Waals surface area contributed by atoms with Crippen molar-refractivity contribution in [1.29, 1.82) is 0 Å². The highest BCUT2D eigenvalue weighted by molar-refractivity contribution is 5.80. The van der Waals surface area contributed by atoms with Gasteiger partial charge in [-0.1, -0.05) is 6.08 Å². The number of hydrogen-bond donors (Lipinski definition) is 3. The Morgan fingerprint density at radius 3 is 2.10 bits per heavy atom. The number of hydrogen-bond acceptors (Lipinski definition) is 7. The van der Waals surface area contributed by atoms with Crippen LogP contribution < -0.4 is 0 Å². The van der Waals surface area contributed by atoms with E-state index < -0.39 is 29.5 Å². The van der Waals surface area contributed by atoms with Gasteiger partial charge in [0.1, 0.15) is 0 Å². The molecule has 1 aliphatic rings. The molecule has 0 saturated heterocycles. The summed E-state index contributed by atoms with van der Waals surface area (Å²) in [6, 6.07) is 0. The summed E-state index contributed by atoms with van der Waals surface area (Å²) in [5.41, 5.74) is 0.123. The summed E-state index contributed by atoms with van der Waals surface area (Å²) in [4.78, 5) is 32.5. The number of aliphatic carboxylic acids is 1. The molecule has 0 aromatic carbocycles. The van der Waals surface area contributed by atoms with Crippen LogP contribution in [-0.2, 0) is 23.9 Å². The van der Waals surface area contributed by atoms with Crippen LogP contribution in [0.15, 0.2) is 36.0 Å². The Morgan fingerprint density at radius 2 is 1.62 bits per heavy atom. The number of allylic oxidation sites excluding steroid dienone is 3. The van der Waals surface area contributed by atoms with Gasteiger partial charge in [-0.25, -0.2) is 4.79 Å². The van der Waals surface area contributed by atoms with Crippen molar-refractivity contribution < 1.29 is 39.2 Å². The third-order valence-electron chi connectivity index (χ3n) is 2.39. The molecule has 0 aromatic rings. The molecule has 0 radical (unpaired) electrons. The number of esters is 2. The van der Waals surface area contributed by atoms with Gasteiger partial charge in [-0.2, -0.15) is 0 Å². The minimum absolute atomic E-state index is 0.123. The first-order valence-electron chi connectivity index (χ1n) is 5.75. The summed E-state index contributed by atoms with van der Waals surface area (Å²) in [5.74, 6) is -8.41. The molecule has 0 aromatic heterocycles. The van der Waals surface area contributed by atoms with Crippen LogP contribution in [0.3, 0.4) is 0 Å². The van der Waals surface area contributed by atoms with Crippen molar-refractivity contribution in [3.63, 3.8) is 0 Å². The fraction of sp³-hybridized carbons (Fsp3) is 0.308. The van der Waals surface area contributed by atoms with E-state index in [4.69, 9.17) is 5.11 Å². The van der Waals surface area contributed by atoms with Gasteiger partial charge in [-0.3, -0.25) is 9.59 Å². The zero-order valence-electron chi connectivity index (χ0n) is 11.3. The predicted octanol–water partition coefficient (Wildman–Crippen LogP) is -0.373. The molecule has 8 heteroatoms. The number of carbonyl (C=O) groups excluding carboxylic acids is 2. The standard InChI is InChI=1S/C13H14O8/c1-8(14)20-12(18)6-5-10(3-4-11(16)17)7-13(12,19)21-9(2)15/h3-7,18-19H,1-2H3,(H,16,17). The van der Waals surface area contributed by atoms with Crippen molar-refractivity contribution in [3.05, 3.63) is 36.0 Å². The quantitative estimate of drug-likeness (QED) is 0.364. The van der Waals surface area contributed by atoms with Crippen LogP contribution in [0.5, 0.6) is 0 Å². The maximum absolute atomic E-state index is 11.1. The Balaban J connectivity index is 3.22. The average molecular weight is 298 g/mol. The third-order valence-corrected chi connectivity index (χ3v) is 2.39. The minimum atomic E-state index is -2.68. The van der Waals surface area contributed by atoms with Gasteiger partial charge in [-0.15, -0.1) is 0 Å². The Kier molecular flexibility index (Phi) is 4.66. The smallest absolute Gasteiger partial charge is 0.328 e. The Labute approximate surface area is 119 Å². The van der Waals surface area contributed by atoms with Crippen molar-refractivity contribution in [2.24, 2.45) is 0 Å². The first-order valence-corrected chi connectivity index (χ1v) is 5.75. The summed E-state index contributed by atoms with van der Waals surface area (Å²) in [6.07, 6.45) is 4.80. The lowest BCUT2D eigenvalue weighted by molar-refractivity contribution is -0.318. The van der Waals surface area contributed by atoms with Gasteiger partial charge in [0.05, 0.1) is 0 Å². The predicted molar refractivity (Wildman–Crippen MR) is 67.4 cm³/mol. The summed E-state index contributed by atoms with van der Waals surface area (Å²) >= 11 is 0. The second-order valence-electron chi connectivity index (χ2n) is 4.23. The first kappa shape index (κ1) is 16.6. The van der Waals surface area contributed by atoms with E-state index in [0.29, 0.717) is 0 Å². The fourth-order valence-electron chi connectivity index (χ4n) is 1.63. The van der Waals surface area contributed by atoms with Crippen molar-refractivity contribution in [2.75, 3.05) is 0 Å². The molecule has 0 heterocycles. The molecule has 0 aliphatic heterocycles. The van der Waals surface area contributed by atoms with Crippen LogP contribution in [0.2, 0.25) is 0 Å². The molecule has 2 atom stereocenters. The van der Waals surface area contributed by atoms with Gasteiger partial charge < -0.3 is 24.8 Å². The molecule has 0 fully saturated rings. The highest BCUT2D eigenvalue weighted by Gasteiger charge is 2.54. The van der Waals surface area contributed by atoms with Gasteiger partial charge >= 0.3 is 29.5 Å². The normalized spacial score (nSPS) is 28.1. The van der Waals surface area contributed by atoms with E-state index in [-0.39, 0.29) is 5.57 Å². The van der Waals surface area contributed by atoms with Gasteiger partial charge in [0.15, 0.2) is 0 Å². The molecule has 21 heavy (non-hydrogen) atoms. The Hall–Kier alpha value is -2.45. The van der Waals surface area contributed by atoms with E-state index in [1.54, 1.807) is 0 Å². The minimum Gasteiger partial charge on any atom is -0.478 e. The lowest BCUT2D eigenvalue weighted by atomic mass is 9.95. The summed E-state index contributed by atoms with van der Waals surface area (Å²) in [6.45, 7) is 1.97. The highest BCUT2D eigenvalue weighted by Crippen LogP contribution is 2.34. The van der Waals surface area contributed by atoms with Crippen molar-refractivity contribution >= 4 is 17.9 Å². The summed E-state index contributed by atoms with van der Waals surface area (Å²) in [5, 5.41) is 29.0. The number of rotatable bonds is 4. The third kappa shape index (κ3) is 4.01. The number of ether oxygens (including phenoxy) is 2. The van der Waals surface area contributed by atoms with E-state index in [2.05, 4.69) is 9.47 Å². The second kappa shape index (κ2) is 5.90. The van der Waals surface area contributed by atoms with Crippen molar-refractivity contribution in [2.45, 2.75) is 25.4 Å². The van der Waals surface area contributed by atoms with Gasteiger partial charge in [0, 0.05) is 26.0 Å². The monoisotopic (exact) mass is 298 g/mol. The lowest BCUT2D eigenvalue weighted by Crippen LogP contribution is -2.58. The van der Waals surface area contributed by atoms with E-state index >= 15 is 0 Å². The van der Waals surface area contributed by atoms with Crippen LogP contribution in [-0.4, -0.2) is 44.8 Å². The largest absolute Gasteiger partial charge is 0.478 e. The van der Waals surface area contributed by atoms with Crippen molar-refractivity contribution in [1.82, 2.24) is 0 Å². The van der Waals surface area contributed by atoms with Gasteiger partial charge in [-0.05, 0) is 17.7 Å². The molecule has 0 saturated carbocycles. The van der Waals surface area contributed by atoms with Crippen LogP contribution in [0.4, 0.5) is 0 Å². The van der Waals surface area contributed by atoms with Crippen LogP contribution in [0.25, 0.3) is 0 Å². The maximum atomic E-state index is 11.1. The molecule has 0 spiro atoms. The maximum Gasteiger partial charge on any atom is 0.328 e. The molecular weight excluding hydrogens is 284 g/mol.